The van der Waals surface area contributed by atoms with Crippen molar-refractivity contribution in [1.29, 1.82) is 0 Å². The van der Waals surface area contributed by atoms with Crippen LogP contribution in [0.5, 0.6) is 11.5 Å². The number of aromatic nitrogens is 2. The van der Waals surface area contributed by atoms with Gasteiger partial charge in [0.1, 0.15) is 5.35 Å². The maximum absolute atomic E-state index is 11.7. The Hall–Kier alpha value is -2.76. The van der Waals surface area contributed by atoms with Crippen molar-refractivity contribution in [2.45, 2.75) is 0 Å². The van der Waals surface area contributed by atoms with Gasteiger partial charge in [0.15, 0.2) is 11.5 Å². The van der Waals surface area contributed by atoms with Gasteiger partial charge >= 0.3 is 0 Å². The number of hydrogen-bond acceptors (Lipinski definition) is 4. The summed E-state index contributed by atoms with van der Waals surface area (Å²) in [5.41, 5.74) is -0.101. The van der Waals surface area contributed by atoms with Crippen LogP contribution >= 0.6 is 0 Å². The highest BCUT2D eigenvalue weighted by atomic mass is 16.7. The summed E-state index contributed by atoms with van der Waals surface area (Å²) in [6.45, 7) is 3.61. The molecule has 0 fully saturated rings. The molecule has 3 rings (SSSR count). The molecule has 0 saturated heterocycles. The van der Waals surface area contributed by atoms with E-state index in [4.69, 9.17) is 9.47 Å². The van der Waals surface area contributed by atoms with E-state index in [0.29, 0.717) is 11.5 Å². The largest absolute Gasteiger partial charge is 0.454 e. The Bertz CT molecular complexity index is 863. The first kappa shape index (κ1) is 11.3. The Labute approximate surface area is 106 Å². The number of aromatic amines is 2. The topological polar surface area (TPSA) is 84.2 Å². The molecular formula is C13H10N2O4. The van der Waals surface area contributed by atoms with Crippen molar-refractivity contribution in [2.75, 3.05) is 6.79 Å². The molecular weight excluding hydrogens is 248 g/mol. The second-order valence-corrected chi connectivity index (χ2v) is 4.06. The third-order valence-electron chi connectivity index (χ3n) is 2.74. The Morgan fingerprint density at radius 1 is 1.11 bits per heavy atom. The minimum absolute atomic E-state index is 0.0350. The summed E-state index contributed by atoms with van der Waals surface area (Å²) >= 11 is 0. The standard InChI is InChI=1S/C13H10N2O4/c1-7-12(16)15-9(13(17)14-7)4-8-2-3-10-11(5-8)19-6-18-10/h2-5H,1,6H2,(H,14,17)(H,15,16). The van der Waals surface area contributed by atoms with E-state index in [1.165, 1.54) is 0 Å². The Morgan fingerprint density at radius 2 is 1.89 bits per heavy atom. The van der Waals surface area contributed by atoms with Crippen LogP contribution in [-0.4, -0.2) is 16.8 Å². The van der Waals surface area contributed by atoms with E-state index in [9.17, 15) is 9.59 Å². The number of nitrogens with one attached hydrogen (secondary N) is 2. The molecule has 0 radical (unpaired) electrons. The molecule has 2 heterocycles. The maximum Gasteiger partial charge on any atom is 0.272 e. The van der Waals surface area contributed by atoms with Crippen LogP contribution in [0.3, 0.4) is 0 Å². The number of ether oxygens (including phenoxy) is 2. The van der Waals surface area contributed by atoms with Gasteiger partial charge in [0.25, 0.3) is 11.1 Å². The molecule has 1 aromatic heterocycles. The van der Waals surface area contributed by atoms with E-state index in [0.717, 1.165) is 5.56 Å². The maximum atomic E-state index is 11.7. The van der Waals surface area contributed by atoms with Crippen molar-refractivity contribution in [2.24, 2.45) is 0 Å². The molecule has 0 saturated carbocycles. The Morgan fingerprint density at radius 3 is 2.74 bits per heavy atom. The fourth-order valence-corrected chi connectivity index (χ4v) is 1.79. The minimum atomic E-state index is -0.424. The van der Waals surface area contributed by atoms with Gasteiger partial charge in [-0.25, -0.2) is 0 Å². The lowest BCUT2D eigenvalue weighted by Gasteiger charge is -1.97. The van der Waals surface area contributed by atoms with Crippen molar-refractivity contribution in [1.82, 2.24) is 9.97 Å². The lowest BCUT2D eigenvalue weighted by molar-refractivity contribution is 0.174. The first-order valence-corrected chi connectivity index (χ1v) is 5.56. The predicted octanol–water partition coefficient (Wildman–Crippen LogP) is -0.969. The number of rotatable bonds is 1. The number of fused-ring (bicyclic) bond motifs is 1. The monoisotopic (exact) mass is 258 g/mol. The molecule has 6 heteroatoms. The molecule has 2 aromatic rings. The summed E-state index contributed by atoms with van der Waals surface area (Å²) in [6, 6.07) is 5.25. The van der Waals surface area contributed by atoms with Crippen molar-refractivity contribution in [3.63, 3.8) is 0 Å². The summed E-state index contributed by atoms with van der Waals surface area (Å²) in [7, 11) is 0. The number of hydrogen-bond donors (Lipinski definition) is 2. The zero-order valence-electron chi connectivity index (χ0n) is 9.86. The van der Waals surface area contributed by atoms with Crippen molar-refractivity contribution >= 4 is 12.7 Å². The fraction of sp³-hybridized carbons (Fsp3) is 0.0769. The molecule has 96 valence electrons. The van der Waals surface area contributed by atoms with Crippen molar-refractivity contribution < 1.29 is 9.47 Å². The van der Waals surface area contributed by atoms with E-state index >= 15 is 0 Å². The Kier molecular flexibility index (Phi) is 2.49. The van der Waals surface area contributed by atoms with Crippen molar-refractivity contribution in [3.05, 3.63) is 55.2 Å². The van der Waals surface area contributed by atoms with E-state index in [-0.39, 0.29) is 17.5 Å². The van der Waals surface area contributed by atoms with Gasteiger partial charge in [0.05, 0.1) is 5.35 Å². The molecule has 0 bridgehead atoms. The second kappa shape index (κ2) is 4.16. The summed E-state index contributed by atoms with van der Waals surface area (Å²) < 4.78 is 10.4. The smallest absolute Gasteiger partial charge is 0.272 e. The highest BCUT2D eigenvalue weighted by molar-refractivity contribution is 5.55. The van der Waals surface area contributed by atoms with Crippen LogP contribution in [-0.2, 0) is 0 Å². The molecule has 0 aliphatic carbocycles. The summed E-state index contributed by atoms with van der Waals surface area (Å²) in [5, 5.41) is 0.198. The van der Waals surface area contributed by atoms with Crippen LogP contribution < -0.4 is 31.3 Å². The quantitative estimate of drug-likeness (QED) is 0.689. The molecule has 0 spiro atoms. The third kappa shape index (κ3) is 2.03. The molecule has 6 nitrogen and oxygen atoms in total. The normalized spacial score (nSPS) is 13.8. The van der Waals surface area contributed by atoms with E-state index in [1.807, 2.05) is 0 Å². The van der Waals surface area contributed by atoms with Gasteiger partial charge < -0.3 is 19.4 Å². The average molecular weight is 258 g/mol. The van der Waals surface area contributed by atoms with E-state index in [2.05, 4.69) is 16.5 Å². The Balaban J connectivity index is 2.17. The zero-order chi connectivity index (χ0) is 13.4. The SMILES string of the molecule is C=c1[nH]c(=O)c(=Cc2ccc3c(c2)OCO3)[nH]c1=O. The van der Waals surface area contributed by atoms with Crippen LogP contribution in [0.4, 0.5) is 0 Å². The first-order valence-electron chi connectivity index (χ1n) is 5.56. The summed E-state index contributed by atoms with van der Waals surface area (Å²) in [5.74, 6) is 1.27. The predicted molar refractivity (Wildman–Crippen MR) is 68.6 cm³/mol. The molecule has 1 aliphatic rings. The highest BCUT2D eigenvalue weighted by Crippen LogP contribution is 2.32. The second-order valence-electron chi connectivity index (χ2n) is 4.06. The van der Waals surface area contributed by atoms with Gasteiger partial charge in [-0.3, -0.25) is 9.59 Å². The van der Waals surface area contributed by atoms with Crippen LogP contribution in [0.2, 0.25) is 0 Å². The average Bonchev–Trinajstić information content (AvgIpc) is 2.83. The molecule has 0 unspecified atom stereocenters. The highest BCUT2D eigenvalue weighted by Gasteiger charge is 2.12. The minimum Gasteiger partial charge on any atom is -0.454 e. The number of benzene rings is 1. The third-order valence-corrected chi connectivity index (χ3v) is 2.74. The molecule has 2 N–H and O–H groups in total. The lowest BCUT2D eigenvalue weighted by Crippen LogP contribution is -2.46. The molecule has 1 aromatic carbocycles. The lowest BCUT2D eigenvalue weighted by atomic mass is 10.2. The molecule has 0 atom stereocenters. The van der Waals surface area contributed by atoms with Crippen molar-refractivity contribution in [3.8, 4) is 11.5 Å². The van der Waals surface area contributed by atoms with E-state index < -0.39 is 11.1 Å². The van der Waals surface area contributed by atoms with Gasteiger partial charge in [-0.2, -0.15) is 0 Å². The summed E-state index contributed by atoms with van der Waals surface area (Å²) in [6.07, 6.45) is 1.56. The molecule has 0 amide bonds. The number of H-pyrrole nitrogens is 2. The summed E-state index contributed by atoms with van der Waals surface area (Å²) in [4.78, 5) is 27.9. The van der Waals surface area contributed by atoms with Crippen LogP contribution in [0.1, 0.15) is 5.56 Å². The van der Waals surface area contributed by atoms with Crippen LogP contribution in [0.25, 0.3) is 12.7 Å². The zero-order valence-corrected chi connectivity index (χ0v) is 9.86. The van der Waals surface area contributed by atoms with E-state index in [1.54, 1.807) is 24.3 Å². The van der Waals surface area contributed by atoms with Gasteiger partial charge in [0.2, 0.25) is 6.79 Å². The first-order chi connectivity index (χ1) is 9.13. The van der Waals surface area contributed by atoms with Gasteiger partial charge in [-0.05, 0) is 23.8 Å². The van der Waals surface area contributed by atoms with Crippen LogP contribution in [0, 0.1) is 0 Å². The van der Waals surface area contributed by atoms with Gasteiger partial charge in [-0.15, -0.1) is 0 Å². The van der Waals surface area contributed by atoms with Gasteiger partial charge in [-0.1, -0.05) is 12.6 Å². The fourth-order valence-electron chi connectivity index (χ4n) is 1.79. The molecule has 19 heavy (non-hydrogen) atoms. The van der Waals surface area contributed by atoms with Crippen LogP contribution in [0.15, 0.2) is 27.8 Å². The molecule has 1 aliphatic heterocycles. The van der Waals surface area contributed by atoms with Gasteiger partial charge in [0, 0.05) is 0 Å².